The number of rotatable bonds is 5. The minimum absolute atomic E-state index is 0.151. The highest BCUT2D eigenvalue weighted by atomic mass is 16.6. The van der Waals surface area contributed by atoms with Gasteiger partial charge in [-0.25, -0.2) is 4.79 Å². The molecule has 1 aliphatic carbocycles. The minimum Gasteiger partial charge on any atom is -0.444 e. The number of aromatic amines is 1. The van der Waals surface area contributed by atoms with Gasteiger partial charge in [0.25, 0.3) is 5.91 Å². The number of alkyl carbamates (subject to hydrolysis) is 1. The molecule has 1 aliphatic rings. The molecule has 1 aromatic rings. The first-order chi connectivity index (χ1) is 11.3. The summed E-state index contributed by atoms with van der Waals surface area (Å²) in [7, 11) is 0. The van der Waals surface area contributed by atoms with Gasteiger partial charge in [0.2, 0.25) is 0 Å². The second-order valence-corrected chi connectivity index (χ2v) is 7.22. The molecule has 0 bridgehead atoms. The predicted octanol–water partition coefficient (Wildman–Crippen LogP) is 2.01. The Morgan fingerprint density at radius 1 is 1.33 bits per heavy atom. The van der Waals surface area contributed by atoms with E-state index in [-0.39, 0.29) is 17.6 Å². The summed E-state index contributed by atoms with van der Waals surface area (Å²) in [5.41, 5.74) is -0.304. The van der Waals surface area contributed by atoms with Gasteiger partial charge in [0, 0.05) is 12.6 Å². The summed E-state index contributed by atoms with van der Waals surface area (Å²) in [6.07, 6.45) is 6.51. The van der Waals surface area contributed by atoms with E-state index in [2.05, 4.69) is 26.0 Å². The van der Waals surface area contributed by atoms with Gasteiger partial charge >= 0.3 is 6.09 Å². The average molecular weight is 337 g/mol. The molecule has 2 amide bonds. The zero-order valence-corrected chi connectivity index (χ0v) is 14.6. The fourth-order valence-electron chi connectivity index (χ4n) is 2.93. The number of H-pyrrole nitrogens is 1. The molecule has 8 heteroatoms. The van der Waals surface area contributed by atoms with Crippen LogP contribution in [0.15, 0.2) is 6.20 Å². The van der Waals surface area contributed by atoms with Crippen LogP contribution < -0.4 is 10.6 Å². The Morgan fingerprint density at radius 2 is 2.04 bits per heavy atom. The molecule has 1 aromatic heterocycles. The molecule has 134 valence electrons. The fraction of sp³-hybridized carbons (Fsp3) is 0.750. The van der Waals surface area contributed by atoms with E-state index in [9.17, 15) is 9.59 Å². The maximum atomic E-state index is 12.3. The molecule has 1 fully saturated rings. The monoisotopic (exact) mass is 337 g/mol. The van der Waals surface area contributed by atoms with E-state index < -0.39 is 11.7 Å². The lowest BCUT2D eigenvalue weighted by Crippen LogP contribution is -2.49. The van der Waals surface area contributed by atoms with Crippen LogP contribution in [0, 0.1) is 5.92 Å². The van der Waals surface area contributed by atoms with E-state index in [1.165, 1.54) is 12.6 Å². The summed E-state index contributed by atoms with van der Waals surface area (Å²) < 4.78 is 5.26. The van der Waals surface area contributed by atoms with Gasteiger partial charge in [0.1, 0.15) is 5.60 Å². The molecule has 3 N–H and O–H groups in total. The van der Waals surface area contributed by atoms with Gasteiger partial charge in [-0.3, -0.25) is 4.79 Å². The third kappa shape index (κ3) is 5.82. The van der Waals surface area contributed by atoms with Crippen molar-refractivity contribution in [3.8, 4) is 0 Å². The third-order valence-electron chi connectivity index (χ3n) is 4.05. The molecule has 1 saturated carbocycles. The van der Waals surface area contributed by atoms with Crippen molar-refractivity contribution in [1.82, 2.24) is 26.0 Å². The van der Waals surface area contributed by atoms with E-state index >= 15 is 0 Å². The standard InChI is InChI=1S/C16H27N5O3/c1-16(2,3)24-15(23)17-9-12(11-7-5-4-6-8-11)19-14(22)13-10-18-21-20-13/h10-12H,4-9H2,1-3H3,(H,17,23)(H,19,22)(H,18,20,21)/t12-/m1/s1. The van der Waals surface area contributed by atoms with Gasteiger partial charge in [-0.05, 0) is 39.5 Å². The van der Waals surface area contributed by atoms with Crippen molar-refractivity contribution < 1.29 is 14.3 Å². The first-order valence-corrected chi connectivity index (χ1v) is 8.48. The van der Waals surface area contributed by atoms with Crippen LogP contribution in [-0.2, 0) is 4.74 Å². The molecule has 8 nitrogen and oxygen atoms in total. The number of hydrogen-bond acceptors (Lipinski definition) is 5. The SMILES string of the molecule is CC(C)(C)OC(=O)NC[C@@H](NC(=O)c1cn[nH]n1)C1CCCCC1. The summed E-state index contributed by atoms with van der Waals surface area (Å²) in [6, 6.07) is -0.151. The van der Waals surface area contributed by atoms with Crippen LogP contribution >= 0.6 is 0 Å². The van der Waals surface area contributed by atoms with Gasteiger partial charge in [0.05, 0.1) is 6.20 Å². The molecular weight excluding hydrogens is 310 g/mol. The van der Waals surface area contributed by atoms with Crippen molar-refractivity contribution in [1.29, 1.82) is 0 Å². The average Bonchev–Trinajstić information content (AvgIpc) is 3.05. The highest BCUT2D eigenvalue weighted by molar-refractivity contribution is 5.92. The summed E-state index contributed by atoms with van der Waals surface area (Å²) in [4.78, 5) is 24.1. The predicted molar refractivity (Wildman–Crippen MR) is 88.4 cm³/mol. The summed E-state index contributed by atoms with van der Waals surface area (Å²) in [5.74, 6) is 0.0508. The number of amides is 2. The Hall–Kier alpha value is -2.12. The van der Waals surface area contributed by atoms with Crippen LogP contribution in [-0.4, -0.2) is 45.6 Å². The zero-order chi connectivity index (χ0) is 17.6. The Bertz CT molecular complexity index is 532. The zero-order valence-electron chi connectivity index (χ0n) is 14.6. The molecule has 0 unspecified atom stereocenters. The number of ether oxygens (including phenoxy) is 1. The molecule has 0 radical (unpaired) electrons. The topological polar surface area (TPSA) is 109 Å². The second-order valence-electron chi connectivity index (χ2n) is 7.22. The molecular formula is C16H27N5O3. The lowest BCUT2D eigenvalue weighted by molar-refractivity contribution is 0.0512. The van der Waals surface area contributed by atoms with Crippen LogP contribution in [0.4, 0.5) is 4.79 Å². The fourth-order valence-corrected chi connectivity index (χ4v) is 2.93. The smallest absolute Gasteiger partial charge is 0.407 e. The van der Waals surface area contributed by atoms with E-state index in [0.717, 1.165) is 25.7 Å². The van der Waals surface area contributed by atoms with Crippen molar-refractivity contribution in [2.75, 3.05) is 6.54 Å². The minimum atomic E-state index is -0.547. The number of nitrogens with zero attached hydrogens (tertiary/aromatic N) is 2. The van der Waals surface area contributed by atoms with Crippen molar-refractivity contribution in [3.63, 3.8) is 0 Å². The van der Waals surface area contributed by atoms with Gasteiger partial charge in [-0.1, -0.05) is 19.3 Å². The molecule has 2 rings (SSSR count). The van der Waals surface area contributed by atoms with Crippen LogP contribution in [0.5, 0.6) is 0 Å². The third-order valence-corrected chi connectivity index (χ3v) is 4.05. The summed E-state index contributed by atoms with van der Waals surface area (Å²) in [6.45, 7) is 5.79. The molecule has 24 heavy (non-hydrogen) atoms. The summed E-state index contributed by atoms with van der Waals surface area (Å²) >= 11 is 0. The Balaban J connectivity index is 1.94. The van der Waals surface area contributed by atoms with Crippen LogP contribution in [0.1, 0.15) is 63.4 Å². The lowest BCUT2D eigenvalue weighted by Gasteiger charge is -2.31. The Labute approximate surface area is 142 Å². The van der Waals surface area contributed by atoms with E-state index in [1.807, 2.05) is 20.8 Å². The van der Waals surface area contributed by atoms with E-state index in [4.69, 9.17) is 4.74 Å². The molecule has 1 atom stereocenters. The second kappa shape index (κ2) is 8.12. The Morgan fingerprint density at radius 3 is 2.62 bits per heavy atom. The van der Waals surface area contributed by atoms with Crippen LogP contribution in [0.25, 0.3) is 0 Å². The van der Waals surface area contributed by atoms with Crippen LogP contribution in [0.2, 0.25) is 0 Å². The maximum Gasteiger partial charge on any atom is 0.407 e. The van der Waals surface area contributed by atoms with Crippen LogP contribution in [0.3, 0.4) is 0 Å². The highest BCUT2D eigenvalue weighted by Gasteiger charge is 2.27. The lowest BCUT2D eigenvalue weighted by atomic mass is 9.83. The highest BCUT2D eigenvalue weighted by Crippen LogP contribution is 2.26. The van der Waals surface area contributed by atoms with Gasteiger partial charge in [0.15, 0.2) is 5.69 Å². The first-order valence-electron chi connectivity index (χ1n) is 8.48. The molecule has 0 aliphatic heterocycles. The first kappa shape index (κ1) is 18.2. The Kier molecular flexibility index (Phi) is 6.16. The molecule has 0 saturated heterocycles. The maximum absolute atomic E-state index is 12.3. The van der Waals surface area contributed by atoms with Crippen molar-refractivity contribution in [2.45, 2.75) is 64.5 Å². The quantitative estimate of drug-likeness (QED) is 0.761. The number of carbonyl (C=O) groups excluding carboxylic acids is 2. The largest absolute Gasteiger partial charge is 0.444 e. The van der Waals surface area contributed by atoms with Crippen molar-refractivity contribution >= 4 is 12.0 Å². The number of aromatic nitrogens is 3. The van der Waals surface area contributed by atoms with Gasteiger partial charge < -0.3 is 15.4 Å². The van der Waals surface area contributed by atoms with Gasteiger partial charge in [-0.2, -0.15) is 15.4 Å². The van der Waals surface area contributed by atoms with Crippen molar-refractivity contribution in [2.24, 2.45) is 5.92 Å². The van der Waals surface area contributed by atoms with Gasteiger partial charge in [-0.15, -0.1) is 0 Å². The van der Waals surface area contributed by atoms with Crippen molar-refractivity contribution in [3.05, 3.63) is 11.9 Å². The molecule has 1 heterocycles. The summed E-state index contributed by atoms with van der Waals surface area (Å²) in [5, 5.41) is 15.6. The normalized spacial score (nSPS) is 17.1. The van der Waals surface area contributed by atoms with E-state index in [1.54, 1.807) is 0 Å². The molecule has 0 spiro atoms. The number of carbonyl (C=O) groups is 2. The molecule has 0 aromatic carbocycles. The number of hydrogen-bond donors (Lipinski definition) is 3. The number of nitrogens with one attached hydrogen (secondary N) is 3. The van der Waals surface area contributed by atoms with E-state index in [0.29, 0.717) is 12.5 Å².